The van der Waals surface area contributed by atoms with Crippen molar-refractivity contribution < 1.29 is 19.7 Å². The zero-order valence-electron chi connectivity index (χ0n) is 15.3. The standard InChI is InChI=1S/C21H26ClNO4/c22-19-10-18(17-4-1-3-16(9-17)14-24)11-21(12-19)27-15-20(25)13-23-5-2-7-26-8-6-23/h1,3-4,9-12,20,24-25H,2,5-8,13-15H2. The van der Waals surface area contributed by atoms with Crippen LogP contribution in [0.2, 0.25) is 5.02 Å². The minimum Gasteiger partial charge on any atom is -0.491 e. The van der Waals surface area contributed by atoms with Gasteiger partial charge >= 0.3 is 0 Å². The van der Waals surface area contributed by atoms with Crippen LogP contribution in [0.5, 0.6) is 5.75 Å². The average molecular weight is 392 g/mol. The highest BCUT2D eigenvalue weighted by Gasteiger charge is 2.15. The molecule has 1 heterocycles. The number of hydrogen-bond donors (Lipinski definition) is 2. The number of ether oxygens (including phenoxy) is 2. The number of rotatable bonds is 7. The van der Waals surface area contributed by atoms with E-state index in [1.807, 2.05) is 36.4 Å². The molecule has 27 heavy (non-hydrogen) atoms. The van der Waals surface area contributed by atoms with Crippen LogP contribution >= 0.6 is 11.6 Å². The third kappa shape index (κ3) is 6.19. The van der Waals surface area contributed by atoms with E-state index in [0.717, 1.165) is 42.8 Å². The molecule has 1 aliphatic rings. The molecule has 0 spiro atoms. The molecule has 0 aromatic heterocycles. The number of nitrogens with zero attached hydrogens (tertiary/aromatic N) is 1. The highest BCUT2D eigenvalue weighted by molar-refractivity contribution is 6.31. The second kappa shape index (κ2) is 10.1. The first-order valence-electron chi connectivity index (χ1n) is 9.26. The van der Waals surface area contributed by atoms with Crippen molar-refractivity contribution in [2.75, 3.05) is 39.5 Å². The summed E-state index contributed by atoms with van der Waals surface area (Å²) in [4.78, 5) is 2.20. The predicted molar refractivity (Wildman–Crippen MR) is 106 cm³/mol. The molecule has 3 rings (SSSR count). The van der Waals surface area contributed by atoms with E-state index in [0.29, 0.717) is 23.9 Å². The predicted octanol–water partition coefficient (Wildman–Crippen LogP) is 2.96. The van der Waals surface area contributed by atoms with Crippen LogP contribution in [0.25, 0.3) is 11.1 Å². The first-order chi connectivity index (χ1) is 13.1. The molecule has 1 unspecified atom stereocenters. The maximum absolute atomic E-state index is 10.3. The third-order valence-corrected chi connectivity index (χ3v) is 4.76. The summed E-state index contributed by atoms with van der Waals surface area (Å²) in [5, 5.41) is 20.2. The number of aliphatic hydroxyl groups is 2. The van der Waals surface area contributed by atoms with Gasteiger partial charge in [0, 0.05) is 31.3 Å². The average Bonchev–Trinajstić information content (AvgIpc) is 2.94. The van der Waals surface area contributed by atoms with Crippen molar-refractivity contribution in [2.24, 2.45) is 0 Å². The van der Waals surface area contributed by atoms with Crippen LogP contribution in [-0.4, -0.2) is 60.7 Å². The Morgan fingerprint density at radius 1 is 1.11 bits per heavy atom. The molecule has 0 bridgehead atoms. The first kappa shape index (κ1) is 20.1. The zero-order valence-corrected chi connectivity index (χ0v) is 16.1. The smallest absolute Gasteiger partial charge is 0.121 e. The molecule has 5 nitrogen and oxygen atoms in total. The monoisotopic (exact) mass is 391 g/mol. The van der Waals surface area contributed by atoms with Crippen LogP contribution in [0.3, 0.4) is 0 Å². The summed E-state index contributed by atoms with van der Waals surface area (Å²) >= 11 is 6.25. The van der Waals surface area contributed by atoms with E-state index in [1.54, 1.807) is 6.07 Å². The fraction of sp³-hybridized carbons (Fsp3) is 0.429. The van der Waals surface area contributed by atoms with Gasteiger partial charge in [0.25, 0.3) is 0 Å². The SMILES string of the molecule is OCc1cccc(-c2cc(Cl)cc(OCC(O)CN3CCCOCC3)c2)c1. The number of benzene rings is 2. The molecular weight excluding hydrogens is 366 g/mol. The molecule has 0 aliphatic carbocycles. The summed E-state index contributed by atoms with van der Waals surface area (Å²) in [6, 6.07) is 13.2. The maximum atomic E-state index is 10.3. The van der Waals surface area contributed by atoms with Gasteiger partial charge < -0.3 is 19.7 Å². The summed E-state index contributed by atoms with van der Waals surface area (Å²) < 4.78 is 11.2. The molecule has 1 atom stereocenters. The highest BCUT2D eigenvalue weighted by atomic mass is 35.5. The lowest BCUT2D eigenvalue weighted by Crippen LogP contribution is -2.37. The van der Waals surface area contributed by atoms with Gasteiger partial charge in [0.2, 0.25) is 0 Å². The van der Waals surface area contributed by atoms with Gasteiger partial charge in [-0.15, -0.1) is 0 Å². The van der Waals surface area contributed by atoms with Gasteiger partial charge in [0.15, 0.2) is 0 Å². The van der Waals surface area contributed by atoms with Crippen molar-refractivity contribution >= 4 is 11.6 Å². The summed E-state index contributed by atoms with van der Waals surface area (Å²) in [7, 11) is 0. The normalized spacial score (nSPS) is 16.7. The van der Waals surface area contributed by atoms with E-state index in [9.17, 15) is 10.2 Å². The first-order valence-corrected chi connectivity index (χ1v) is 9.63. The van der Waals surface area contributed by atoms with Gasteiger partial charge in [-0.3, -0.25) is 4.90 Å². The molecule has 1 fully saturated rings. The van der Waals surface area contributed by atoms with E-state index in [4.69, 9.17) is 21.1 Å². The van der Waals surface area contributed by atoms with E-state index >= 15 is 0 Å². The third-order valence-electron chi connectivity index (χ3n) is 4.54. The summed E-state index contributed by atoms with van der Waals surface area (Å²) in [6.45, 7) is 4.01. The van der Waals surface area contributed by atoms with Crippen LogP contribution in [0, 0.1) is 0 Å². The van der Waals surface area contributed by atoms with Gasteiger partial charge in [-0.25, -0.2) is 0 Å². The van der Waals surface area contributed by atoms with Gasteiger partial charge in [0.05, 0.1) is 13.2 Å². The lowest BCUT2D eigenvalue weighted by atomic mass is 10.0. The molecule has 2 aromatic rings. The molecule has 1 aliphatic heterocycles. The molecule has 0 saturated carbocycles. The highest BCUT2D eigenvalue weighted by Crippen LogP contribution is 2.29. The molecule has 2 N–H and O–H groups in total. The minimum absolute atomic E-state index is 0.00844. The molecule has 0 amide bonds. The molecule has 146 valence electrons. The van der Waals surface area contributed by atoms with E-state index in [2.05, 4.69) is 4.90 Å². The van der Waals surface area contributed by atoms with E-state index in [1.165, 1.54) is 0 Å². The number of β-amino-alcohol motifs (C(OH)–C–C–N with tert-alkyl or cyclic N) is 1. The molecule has 2 aromatic carbocycles. The van der Waals surface area contributed by atoms with Gasteiger partial charge in [0.1, 0.15) is 18.5 Å². The van der Waals surface area contributed by atoms with Crippen molar-refractivity contribution in [3.05, 3.63) is 53.1 Å². The Balaban J connectivity index is 1.62. The van der Waals surface area contributed by atoms with Crippen LogP contribution in [0.15, 0.2) is 42.5 Å². The second-order valence-electron chi connectivity index (χ2n) is 6.77. The van der Waals surface area contributed by atoms with Crippen LogP contribution in [-0.2, 0) is 11.3 Å². The van der Waals surface area contributed by atoms with Gasteiger partial charge in [-0.05, 0) is 47.4 Å². The van der Waals surface area contributed by atoms with Crippen molar-refractivity contribution in [1.82, 2.24) is 4.90 Å². The fourth-order valence-corrected chi connectivity index (χ4v) is 3.41. The fourth-order valence-electron chi connectivity index (χ4n) is 3.19. The summed E-state index contributed by atoms with van der Waals surface area (Å²) in [5.74, 6) is 0.616. The van der Waals surface area contributed by atoms with Gasteiger partial charge in [-0.1, -0.05) is 29.8 Å². The van der Waals surface area contributed by atoms with Crippen LogP contribution in [0.4, 0.5) is 0 Å². The number of halogens is 1. The van der Waals surface area contributed by atoms with E-state index in [-0.39, 0.29) is 13.2 Å². The molecule has 1 saturated heterocycles. The Morgan fingerprint density at radius 2 is 2.00 bits per heavy atom. The second-order valence-corrected chi connectivity index (χ2v) is 7.20. The molecular formula is C21H26ClNO4. The Bertz CT molecular complexity index is 732. The van der Waals surface area contributed by atoms with Crippen LogP contribution in [0.1, 0.15) is 12.0 Å². The number of aliphatic hydroxyl groups excluding tert-OH is 2. The minimum atomic E-state index is -0.580. The Morgan fingerprint density at radius 3 is 2.85 bits per heavy atom. The number of hydrogen-bond acceptors (Lipinski definition) is 5. The Labute approximate surface area is 165 Å². The maximum Gasteiger partial charge on any atom is 0.121 e. The van der Waals surface area contributed by atoms with Crippen molar-refractivity contribution in [1.29, 1.82) is 0 Å². The largest absolute Gasteiger partial charge is 0.491 e. The Kier molecular flexibility index (Phi) is 7.50. The van der Waals surface area contributed by atoms with Gasteiger partial charge in [-0.2, -0.15) is 0 Å². The molecule has 6 heteroatoms. The quantitative estimate of drug-likeness (QED) is 0.759. The summed E-state index contributed by atoms with van der Waals surface area (Å²) in [5.41, 5.74) is 2.71. The van der Waals surface area contributed by atoms with Crippen molar-refractivity contribution in [2.45, 2.75) is 19.1 Å². The Hall–Kier alpha value is -1.63. The lowest BCUT2D eigenvalue weighted by Gasteiger charge is -2.22. The van der Waals surface area contributed by atoms with Crippen molar-refractivity contribution in [3.8, 4) is 16.9 Å². The summed E-state index contributed by atoms with van der Waals surface area (Å²) in [6.07, 6.45) is 0.404. The lowest BCUT2D eigenvalue weighted by molar-refractivity contribution is 0.0659. The topological polar surface area (TPSA) is 62.2 Å². The molecule has 0 radical (unpaired) electrons. The van der Waals surface area contributed by atoms with Crippen LogP contribution < -0.4 is 4.74 Å². The van der Waals surface area contributed by atoms with E-state index < -0.39 is 6.10 Å². The zero-order chi connectivity index (χ0) is 19.1. The van der Waals surface area contributed by atoms with Crippen molar-refractivity contribution in [3.63, 3.8) is 0 Å².